The van der Waals surface area contributed by atoms with Crippen LogP contribution in [-0.4, -0.2) is 34.6 Å². The predicted molar refractivity (Wildman–Crippen MR) is 136 cm³/mol. The quantitative estimate of drug-likeness (QED) is 0.223. The highest BCUT2D eigenvalue weighted by Crippen LogP contribution is 2.29. The molecule has 4 nitrogen and oxygen atoms in total. The normalized spacial score (nSPS) is 16.5. The molecule has 32 heavy (non-hydrogen) atoms. The van der Waals surface area contributed by atoms with Gasteiger partial charge in [0.1, 0.15) is 0 Å². The molecule has 0 saturated carbocycles. The predicted octanol–water partition coefficient (Wildman–Crippen LogP) is 7.73. The minimum Gasteiger partial charge on any atom is -0.481 e. The fraction of sp³-hybridized carbons (Fsp3) is 0.643. The van der Waals surface area contributed by atoms with Gasteiger partial charge in [-0.3, -0.25) is 14.7 Å². The average Bonchev–Trinajstić information content (AvgIpc) is 3.23. The molecule has 2 rings (SSSR count). The van der Waals surface area contributed by atoms with Crippen molar-refractivity contribution in [2.45, 2.75) is 103 Å². The second-order valence-corrected chi connectivity index (χ2v) is 8.80. The van der Waals surface area contributed by atoms with Gasteiger partial charge in [0.15, 0.2) is 0 Å². The summed E-state index contributed by atoms with van der Waals surface area (Å²) in [4.78, 5) is 16.9. The molecule has 1 aromatic rings. The Morgan fingerprint density at radius 3 is 2.34 bits per heavy atom. The molecule has 1 unspecified atom stereocenters. The van der Waals surface area contributed by atoms with Crippen molar-refractivity contribution in [1.29, 1.82) is 0 Å². The number of unbranched alkanes of at least 4 members (excludes halogenated alkanes) is 8. The number of carboxylic acid groups (broad SMARTS) is 1. The van der Waals surface area contributed by atoms with E-state index in [4.69, 9.17) is 5.11 Å². The fourth-order valence-electron chi connectivity index (χ4n) is 3.99. The van der Waals surface area contributed by atoms with Crippen LogP contribution in [0.15, 0.2) is 48.8 Å². The molecule has 2 heterocycles. The van der Waals surface area contributed by atoms with E-state index >= 15 is 0 Å². The minimum absolute atomic E-state index is 0.324. The second-order valence-electron chi connectivity index (χ2n) is 8.80. The van der Waals surface area contributed by atoms with Gasteiger partial charge in [0, 0.05) is 24.9 Å². The molecule has 1 atom stereocenters. The standard InChI is InChI=1S/C18H32O2.C10H14N2/c1-2-3-4-5-6-7-8-9-10-11-12-13-14-15-16-17-18(19)20;1-12-7-3-5-10(12)9-4-2-6-11-8-9/h6-7,9-10H,2-5,8,11-17H2,1H3,(H,19,20);2,4,6,8,10H,3,5,7H2,1H3/b7-6-,10-9-;. The molecular formula is C28H46N2O2. The van der Waals surface area contributed by atoms with Crippen LogP contribution in [0.4, 0.5) is 0 Å². The lowest BCUT2D eigenvalue weighted by Crippen LogP contribution is -2.17. The third kappa shape index (κ3) is 15.0. The molecule has 0 bridgehead atoms. The number of allylic oxidation sites excluding steroid dienone is 4. The van der Waals surface area contributed by atoms with Gasteiger partial charge in [0.2, 0.25) is 0 Å². The molecule has 0 amide bonds. The number of carboxylic acids is 1. The topological polar surface area (TPSA) is 53.4 Å². The first-order valence-electron chi connectivity index (χ1n) is 12.8. The second kappa shape index (κ2) is 19.7. The average molecular weight is 443 g/mol. The highest BCUT2D eigenvalue weighted by Gasteiger charge is 2.21. The zero-order valence-corrected chi connectivity index (χ0v) is 20.6. The van der Waals surface area contributed by atoms with Gasteiger partial charge in [-0.25, -0.2) is 0 Å². The van der Waals surface area contributed by atoms with Crippen molar-refractivity contribution >= 4 is 5.97 Å². The van der Waals surface area contributed by atoms with Crippen molar-refractivity contribution in [2.24, 2.45) is 0 Å². The number of carbonyl (C=O) groups is 1. The highest BCUT2D eigenvalue weighted by atomic mass is 16.4. The van der Waals surface area contributed by atoms with E-state index in [1.165, 1.54) is 69.9 Å². The Morgan fingerprint density at radius 2 is 1.75 bits per heavy atom. The van der Waals surface area contributed by atoms with Crippen LogP contribution in [0, 0.1) is 0 Å². The molecule has 1 aliphatic rings. The summed E-state index contributed by atoms with van der Waals surface area (Å²) in [6, 6.07) is 4.79. The van der Waals surface area contributed by atoms with E-state index in [0.29, 0.717) is 12.5 Å². The van der Waals surface area contributed by atoms with Crippen LogP contribution in [0.1, 0.15) is 108 Å². The van der Waals surface area contributed by atoms with E-state index in [0.717, 1.165) is 25.7 Å². The minimum atomic E-state index is -0.671. The van der Waals surface area contributed by atoms with Crippen LogP contribution in [0.3, 0.4) is 0 Å². The van der Waals surface area contributed by atoms with Gasteiger partial charge in [-0.1, -0.05) is 69.4 Å². The largest absolute Gasteiger partial charge is 0.481 e. The van der Waals surface area contributed by atoms with Gasteiger partial charge in [-0.05, 0) is 76.6 Å². The molecule has 0 radical (unpaired) electrons. The maximum atomic E-state index is 10.3. The zero-order valence-electron chi connectivity index (χ0n) is 20.6. The van der Waals surface area contributed by atoms with E-state index < -0.39 is 5.97 Å². The van der Waals surface area contributed by atoms with E-state index in [1.807, 2.05) is 18.5 Å². The first-order valence-corrected chi connectivity index (χ1v) is 12.8. The molecule has 0 aromatic carbocycles. The molecule has 1 aromatic heterocycles. The lowest BCUT2D eigenvalue weighted by molar-refractivity contribution is -0.137. The SMILES string of the molecule is CCCCC/C=C\C/C=C\CCCCCCCC(=O)O.CN1CCCC1c1cccnc1. The van der Waals surface area contributed by atoms with Gasteiger partial charge >= 0.3 is 5.97 Å². The summed E-state index contributed by atoms with van der Waals surface area (Å²) in [6.07, 6.45) is 28.7. The van der Waals surface area contributed by atoms with Crippen molar-refractivity contribution < 1.29 is 9.90 Å². The molecule has 1 N–H and O–H groups in total. The molecule has 1 fully saturated rings. The van der Waals surface area contributed by atoms with Gasteiger partial charge in [-0.2, -0.15) is 0 Å². The molecule has 1 saturated heterocycles. The Balaban J connectivity index is 0.000000357. The first kappa shape index (κ1) is 28.1. The van der Waals surface area contributed by atoms with E-state index in [-0.39, 0.29) is 0 Å². The van der Waals surface area contributed by atoms with Crippen molar-refractivity contribution in [3.05, 3.63) is 54.4 Å². The van der Waals surface area contributed by atoms with E-state index in [9.17, 15) is 4.79 Å². The number of rotatable bonds is 15. The van der Waals surface area contributed by atoms with Gasteiger partial charge < -0.3 is 5.11 Å². The summed E-state index contributed by atoms with van der Waals surface area (Å²) < 4.78 is 0. The van der Waals surface area contributed by atoms with Crippen molar-refractivity contribution in [1.82, 2.24) is 9.88 Å². The Bertz CT molecular complexity index is 628. The first-order chi connectivity index (χ1) is 15.6. The lowest BCUT2D eigenvalue weighted by Gasteiger charge is -2.18. The molecule has 180 valence electrons. The van der Waals surface area contributed by atoms with E-state index in [2.05, 4.69) is 54.2 Å². The van der Waals surface area contributed by atoms with Crippen molar-refractivity contribution in [2.75, 3.05) is 13.6 Å². The monoisotopic (exact) mass is 442 g/mol. The number of likely N-dealkylation sites (tertiary alicyclic amines) is 1. The number of pyridine rings is 1. The number of aromatic nitrogens is 1. The van der Waals surface area contributed by atoms with Crippen LogP contribution in [0.25, 0.3) is 0 Å². The summed E-state index contributed by atoms with van der Waals surface area (Å²) in [7, 11) is 2.19. The summed E-state index contributed by atoms with van der Waals surface area (Å²) in [5.74, 6) is -0.671. The molecule has 4 heteroatoms. The maximum absolute atomic E-state index is 10.3. The smallest absolute Gasteiger partial charge is 0.303 e. The third-order valence-corrected chi connectivity index (χ3v) is 5.93. The highest BCUT2D eigenvalue weighted by molar-refractivity contribution is 5.66. The maximum Gasteiger partial charge on any atom is 0.303 e. The van der Waals surface area contributed by atoms with Crippen LogP contribution in [0.5, 0.6) is 0 Å². The Morgan fingerprint density at radius 1 is 1.06 bits per heavy atom. The number of hydrogen-bond donors (Lipinski definition) is 1. The van der Waals surface area contributed by atoms with Crippen molar-refractivity contribution in [3.63, 3.8) is 0 Å². The van der Waals surface area contributed by atoms with Crippen molar-refractivity contribution in [3.8, 4) is 0 Å². The fourth-order valence-corrected chi connectivity index (χ4v) is 3.99. The molecule has 0 aliphatic carbocycles. The Labute approximate surface area is 196 Å². The number of aliphatic carboxylic acids is 1. The molecule has 1 aliphatic heterocycles. The van der Waals surface area contributed by atoms with Crippen LogP contribution >= 0.6 is 0 Å². The number of hydrogen-bond acceptors (Lipinski definition) is 3. The summed E-state index contributed by atoms with van der Waals surface area (Å²) in [5, 5.41) is 8.50. The third-order valence-electron chi connectivity index (χ3n) is 5.93. The lowest BCUT2D eigenvalue weighted by atomic mass is 10.1. The zero-order chi connectivity index (χ0) is 23.3. The van der Waals surface area contributed by atoms with Crippen LogP contribution in [0.2, 0.25) is 0 Å². The molecular weight excluding hydrogens is 396 g/mol. The van der Waals surface area contributed by atoms with E-state index in [1.54, 1.807) is 0 Å². The summed E-state index contributed by atoms with van der Waals surface area (Å²) in [5.41, 5.74) is 1.36. The van der Waals surface area contributed by atoms with Gasteiger partial charge in [-0.15, -0.1) is 0 Å². The Kier molecular flexibility index (Phi) is 17.3. The van der Waals surface area contributed by atoms with Gasteiger partial charge in [0.05, 0.1) is 0 Å². The summed E-state index contributed by atoms with van der Waals surface area (Å²) >= 11 is 0. The number of nitrogens with zero attached hydrogens (tertiary/aromatic N) is 2. The van der Waals surface area contributed by atoms with Gasteiger partial charge in [0.25, 0.3) is 0 Å². The summed E-state index contributed by atoms with van der Waals surface area (Å²) in [6.45, 7) is 3.46. The Hall–Kier alpha value is -1.94. The van der Waals surface area contributed by atoms with Crippen LogP contribution in [-0.2, 0) is 4.79 Å². The molecule has 0 spiro atoms. The van der Waals surface area contributed by atoms with Crippen LogP contribution < -0.4 is 0 Å².